The number of anilines is 1. The van der Waals surface area contributed by atoms with Crippen LogP contribution in [0.15, 0.2) is 126 Å². The Labute approximate surface area is 224 Å². The van der Waals surface area contributed by atoms with Crippen molar-refractivity contribution in [2.45, 2.75) is 13.8 Å². The second kappa shape index (κ2) is 11.1. The van der Waals surface area contributed by atoms with Gasteiger partial charge in [-0.15, -0.1) is 0 Å². The number of nitrogens with zero attached hydrogens (tertiary/aromatic N) is 3. The SMILES string of the molecule is C=C(/C=C\C(=C)N(C)c1ccccc1)C(=C)/C=c1/c(=O)n(-c2ccccc2)c2c(/C=C\C)c(C)cn2c1=C. The van der Waals surface area contributed by atoms with Gasteiger partial charge in [0.15, 0.2) is 0 Å². The quantitative estimate of drug-likeness (QED) is 0.281. The number of fused-ring (bicyclic) bond motifs is 1. The van der Waals surface area contributed by atoms with E-state index in [1.165, 1.54) is 0 Å². The zero-order valence-electron chi connectivity index (χ0n) is 22.3. The van der Waals surface area contributed by atoms with Gasteiger partial charge in [0.25, 0.3) is 5.56 Å². The third kappa shape index (κ3) is 5.02. The van der Waals surface area contributed by atoms with E-state index in [0.717, 1.165) is 33.8 Å². The number of aromatic nitrogens is 2. The Bertz CT molecular complexity index is 1760. The summed E-state index contributed by atoms with van der Waals surface area (Å²) in [4.78, 5) is 16.0. The summed E-state index contributed by atoms with van der Waals surface area (Å²) < 4.78 is 3.72. The second-order valence-electron chi connectivity index (χ2n) is 9.17. The number of aryl methyl sites for hydroxylation is 1. The number of para-hydroxylation sites is 2. The van der Waals surface area contributed by atoms with Crippen LogP contribution >= 0.6 is 0 Å². The molecule has 2 aromatic carbocycles. The molecule has 0 unspecified atom stereocenters. The summed E-state index contributed by atoms with van der Waals surface area (Å²) >= 11 is 0. The van der Waals surface area contributed by atoms with Crippen LogP contribution in [0, 0.1) is 6.92 Å². The maximum atomic E-state index is 14.0. The molecule has 190 valence electrons. The van der Waals surface area contributed by atoms with Gasteiger partial charge in [0.2, 0.25) is 0 Å². The lowest BCUT2D eigenvalue weighted by Crippen LogP contribution is -2.47. The molecular formula is C34H33N3O. The topological polar surface area (TPSA) is 29.7 Å². The van der Waals surface area contributed by atoms with Crippen molar-refractivity contribution in [1.29, 1.82) is 0 Å². The first-order valence-electron chi connectivity index (χ1n) is 12.4. The lowest BCUT2D eigenvalue weighted by Gasteiger charge is -2.19. The predicted molar refractivity (Wildman–Crippen MR) is 163 cm³/mol. The van der Waals surface area contributed by atoms with Gasteiger partial charge in [0.05, 0.1) is 16.3 Å². The highest BCUT2D eigenvalue weighted by atomic mass is 16.1. The van der Waals surface area contributed by atoms with E-state index in [1.807, 2.05) is 121 Å². The van der Waals surface area contributed by atoms with Gasteiger partial charge < -0.3 is 9.30 Å². The third-order valence-electron chi connectivity index (χ3n) is 6.59. The molecule has 4 nitrogen and oxygen atoms in total. The van der Waals surface area contributed by atoms with Crippen molar-refractivity contribution in [2.24, 2.45) is 0 Å². The van der Waals surface area contributed by atoms with Crippen LogP contribution in [0.1, 0.15) is 18.1 Å². The Kier molecular flexibility index (Phi) is 7.63. The monoisotopic (exact) mass is 499 g/mol. The molecule has 38 heavy (non-hydrogen) atoms. The average molecular weight is 500 g/mol. The van der Waals surface area contributed by atoms with Crippen LogP contribution in [0.5, 0.6) is 0 Å². The Hall–Kier alpha value is -4.83. The molecule has 0 aliphatic heterocycles. The predicted octanol–water partition coefficient (Wildman–Crippen LogP) is 5.94. The van der Waals surface area contributed by atoms with Crippen LogP contribution < -0.4 is 21.0 Å². The first-order valence-corrected chi connectivity index (χ1v) is 12.4. The van der Waals surface area contributed by atoms with Crippen molar-refractivity contribution >= 4 is 30.1 Å². The highest BCUT2D eigenvalue weighted by Gasteiger charge is 2.15. The van der Waals surface area contributed by atoms with Crippen LogP contribution in [0.3, 0.4) is 0 Å². The lowest BCUT2D eigenvalue weighted by atomic mass is 10.1. The molecule has 0 spiro atoms. The number of hydrogen-bond acceptors (Lipinski definition) is 2. The summed E-state index contributed by atoms with van der Waals surface area (Å²) in [7, 11) is 1.96. The number of allylic oxidation sites excluding steroid dienone is 5. The maximum Gasteiger partial charge on any atom is 0.266 e. The number of likely N-dealkylation sites (N-methyl/N-ethyl adjacent to an activating group) is 1. The summed E-state index contributed by atoms with van der Waals surface area (Å²) in [5, 5.41) is 1.06. The fourth-order valence-corrected chi connectivity index (χ4v) is 4.37. The van der Waals surface area contributed by atoms with Gasteiger partial charge in [0, 0.05) is 30.2 Å². The van der Waals surface area contributed by atoms with Crippen molar-refractivity contribution in [1.82, 2.24) is 8.97 Å². The van der Waals surface area contributed by atoms with Crippen molar-refractivity contribution in [3.63, 3.8) is 0 Å². The molecule has 0 radical (unpaired) electrons. The fraction of sp³-hybridized carbons (Fsp3) is 0.0882. The minimum Gasteiger partial charge on any atom is -0.345 e. The molecule has 0 fully saturated rings. The minimum atomic E-state index is -0.163. The largest absolute Gasteiger partial charge is 0.345 e. The van der Waals surface area contributed by atoms with Crippen LogP contribution in [0.25, 0.3) is 30.1 Å². The molecule has 0 saturated carbocycles. The van der Waals surface area contributed by atoms with Gasteiger partial charge in [-0.05, 0) is 67.0 Å². The Morgan fingerprint density at radius 3 is 2.18 bits per heavy atom. The van der Waals surface area contributed by atoms with Gasteiger partial charge >= 0.3 is 0 Å². The molecule has 4 rings (SSSR count). The van der Waals surface area contributed by atoms with Gasteiger partial charge in [-0.1, -0.05) is 80.9 Å². The van der Waals surface area contributed by atoms with Crippen LogP contribution in [0.2, 0.25) is 0 Å². The minimum absolute atomic E-state index is 0.163. The molecule has 0 aliphatic carbocycles. The van der Waals surface area contributed by atoms with Crippen LogP contribution in [-0.4, -0.2) is 16.0 Å². The van der Waals surface area contributed by atoms with Gasteiger partial charge in [-0.25, -0.2) is 0 Å². The molecule has 2 aromatic heterocycles. The maximum absolute atomic E-state index is 14.0. The van der Waals surface area contributed by atoms with E-state index in [1.54, 1.807) is 10.6 Å². The number of rotatable bonds is 8. The highest BCUT2D eigenvalue weighted by Crippen LogP contribution is 2.20. The van der Waals surface area contributed by atoms with E-state index in [0.29, 0.717) is 21.7 Å². The summed E-state index contributed by atoms with van der Waals surface area (Å²) in [6.45, 7) is 20.8. The molecule has 0 saturated heterocycles. The van der Waals surface area contributed by atoms with E-state index in [2.05, 4.69) is 26.3 Å². The molecular weight excluding hydrogens is 466 g/mol. The third-order valence-corrected chi connectivity index (χ3v) is 6.59. The first-order chi connectivity index (χ1) is 18.2. The highest BCUT2D eigenvalue weighted by molar-refractivity contribution is 5.72. The van der Waals surface area contributed by atoms with Gasteiger partial charge in [0.1, 0.15) is 5.65 Å². The van der Waals surface area contributed by atoms with E-state index < -0.39 is 0 Å². The summed E-state index contributed by atoms with van der Waals surface area (Å²) in [6.07, 6.45) is 11.5. The normalized spacial score (nSPS) is 12.0. The standard InChI is InChI=1S/C34H33N3O/c1-8-15-31-26(4)23-36-28(6)32(34(38)37(33(31)36)30-18-13-10-14-19-30)22-25(3)24(2)20-21-27(5)35(7)29-16-11-9-12-17-29/h8-23H,2-3,5-6H2,1,4,7H3/b15-8-,21-20-,32-22+. The second-order valence-corrected chi connectivity index (χ2v) is 9.17. The molecule has 0 atom stereocenters. The van der Waals surface area contributed by atoms with Crippen molar-refractivity contribution in [2.75, 3.05) is 11.9 Å². The molecule has 0 N–H and O–H groups in total. The summed E-state index contributed by atoms with van der Waals surface area (Å²) in [6, 6.07) is 19.7. The number of hydrogen-bond donors (Lipinski definition) is 0. The van der Waals surface area contributed by atoms with Gasteiger partial charge in [-0.2, -0.15) is 0 Å². The average Bonchev–Trinajstić information content (AvgIpc) is 3.25. The molecule has 4 heteroatoms. The van der Waals surface area contributed by atoms with Gasteiger partial charge in [-0.3, -0.25) is 9.36 Å². The Morgan fingerprint density at radius 1 is 0.921 bits per heavy atom. The summed E-state index contributed by atoms with van der Waals surface area (Å²) in [5.41, 5.74) is 6.58. The van der Waals surface area contributed by atoms with E-state index in [-0.39, 0.29) is 5.56 Å². The first kappa shape index (κ1) is 26.2. The van der Waals surface area contributed by atoms with Crippen molar-refractivity contribution < 1.29 is 0 Å². The van der Waals surface area contributed by atoms with Crippen molar-refractivity contribution in [3.8, 4) is 5.69 Å². The zero-order chi connectivity index (χ0) is 27.4. The molecule has 2 heterocycles. The molecule has 0 aliphatic rings. The van der Waals surface area contributed by atoms with Crippen molar-refractivity contribution in [3.05, 3.63) is 154 Å². The Morgan fingerprint density at radius 2 is 1.55 bits per heavy atom. The lowest BCUT2D eigenvalue weighted by molar-refractivity contribution is 0.924. The molecule has 4 aromatic rings. The van der Waals surface area contributed by atoms with Crippen LogP contribution in [0.4, 0.5) is 5.69 Å². The molecule has 0 amide bonds. The molecule has 0 bridgehead atoms. The van der Waals surface area contributed by atoms with E-state index in [9.17, 15) is 4.79 Å². The summed E-state index contributed by atoms with van der Waals surface area (Å²) in [5.74, 6) is 0. The fourth-order valence-electron chi connectivity index (χ4n) is 4.37. The van der Waals surface area contributed by atoms with Crippen LogP contribution in [-0.2, 0) is 0 Å². The smallest absolute Gasteiger partial charge is 0.266 e. The van der Waals surface area contributed by atoms with E-state index in [4.69, 9.17) is 0 Å². The van der Waals surface area contributed by atoms with E-state index >= 15 is 0 Å². The zero-order valence-corrected chi connectivity index (χ0v) is 22.3. The Balaban J connectivity index is 1.80. The number of benzene rings is 2.